The third-order valence-electron chi connectivity index (χ3n) is 2.97. The standard InChI is InChI=1S/C13H24O2/c1-10(14)9-15-11(2)12-6-5-7-13(3,4)8-12/h8,10-11,14H,5-7,9H2,1-4H3. The van der Waals surface area contributed by atoms with Crippen LogP contribution in [-0.4, -0.2) is 23.9 Å². The second-order valence-corrected chi connectivity index (χ2v) is 5.39. The second kappa shape index (κ2) is 5.13. The SMILES string of the molecule is CC(O)COC(C)C1=CC(C)(C)CCC1. The lowest BCUT2D eigenvalue weighted by molar-refractivity contribution is 0.0177. The molecule has 15 heavy (non-hydrogen) atoms. The minimum atomic E-state index is -0.371. The Morgan fingerprint density at radius 1 is 1.47 bits per heavy atom. The summed E-state index contributed by atoms with van der Waals surface area (Å²) in [5.41, 5.74) is 1.71. The number of rotatable bonds is 4. The minimum absolute atomic E-state index is 0.152. The summed E-state index contributed by atoms with van der Waals surface area (Å²) in [5, 5.41) is 9.16. The second-order valence-electron chi connectivity index (χ2n) is 5.39. The molecular formula is C13H24O2. The Hall–Kier alpha value is -0.340. The molecule has 1 aliphatic carbocycles. The highest BCUT2D eigenvalue weighted by molar-refractivity contribution is 5.15. The van der Waals surface area contributed by atoms with Crippen molar-refractivity contribution in [1.29, 1.82) is 0 Å². The highest BCUT2D eigenvalue weighted by Gasteiger charge is 2.23. The fourth-order valence-corrected chi connectivity index (χ4v) is 2.11. The summed E-state index contributed by atoms with van der Waals surface area (Å²) in [6.45, 7) is 8.81. The van der Waals surface area contributed by atoms with Crippen LogP contribution in [0.3, 0.4) is 0 Å². The first-order valence-corrected chi connectivity index (χ1v) is 5.92. The molecule has 2 atom stereocenters. The molecule has 2 heteroatoms. The van der Waals surface area contributed by atoms with E-state index in [1.807, 2.05) is 0 Å². The van der Waals surface area contributed by atoms with Crippen LogP contribution >= 0.6 is 0 Å². The Morgan fingerprint density at radius 2 is 2.13 bits per heavy atom. The summed E-state index contributed by atoms with van der Waals surface area (Å²) in [6.07, 6.45) is 5.79. The van der Waals surface area contributed by atoms with Crippen LogP contribution in [0.2, 0.25) is 0 Å². The zero-order valence-electron chi connectivity index (χ0n) is 10.4. The Balaban J connectivity index is 2.51. The highest BCUT2D eigenvalue weighted by atomic mass is 16.5. The summed E-state index contributed by atoms with van der Waals surface area (Å²) in [7, 11) is 0. The van der Waals surface area contributed by atoms with Crippen LogP contribution in [0.5, 0.6) is 0 Å². The number of ether oxygens (including phenoxy) is 1. The Morgan fingerprint density at radius 3 is 2.67 bits per heavy atom. The third kappa shape index (κ3) is 4.35. The smallest absolute Gasteiger partial charge is 0.0758 e. The van der Waals surface area contributed by atoms with E-state index in [-0.39, 0.29) is 12.2 Å². The molecule has 0 amide bonds. The van der Waals surface area contributed by atoms with E-state index in [9.17, 15) is 0 Å². The van der Waals surface area contributed by atoms with Crippen LogP contribution in [0.15, 0.2) is 11.6 Å². The maximum Gasteiger partial charge on any atom is 0.0758 e. The Bertz CT molecular complexity index is 229. The number of hydrogen-bond donors (Lipinski definition) is 1. The third-order valence-corrected chi connectivity index (χ3v) is 2.97. The quantitative estimate of drug-likeness (QED) is 0.726. The van der Waals surface area contributed by atoms with Crippen LogP contribution < -0.4 is 0 Å². The molecule has 2 nitrogen and oxygen atoms in total. The van der Waals surface area contributed by atoms with Crippen LogP contribution in [0.1, 0.15) is 47.0 Å². The van der Waals surface area contributed by atoms with Gasteiger partial charge in [0.15, 0.2) is 0 Å². The van der Waals surface area contributed by atoms with Crippen LogP contribution in [0, 0.1) is 5.41 Å². The molecule has 0 aliphatic heterocycles. The molecule has 1 rings (SSSR count). The molecule has 0 aromatic carbocycles. The maximum absolute atomic E-state index is 9.16. The predicted octanol–water partition coefficient (Wildman–Crippen LogP) is 2.91. The molecule has 0 saturated heterocycles. The average molecular weight is 212 g/mol. The lowest BCUT2D eigenvalue weighted by atomic mass is 9.78. The van der Waals surface area contributed by atoms with Crippen LogP contribution in [0.25, 0.3) is 0 Å². The van der Waals surface area contributed by atoms with Gasteiger partial charge in [0.05, 0.1) is 18.8 Å². The van der Waals surface area contributed by atoms with Gasteiger partial charge in [-0.05, 0) is 44.1 Å². The van der Waals surface area contributed by atoms with Gasteiger partial charge in [0.2, 0.25) is 0 Å². The van der Waals surface area contributed by atoms with E-state index in [0.717, 1.165) is 6.42 Å². The van der Waals surface area contributed by atoms with Gasteiger partial charge >= 0.3 is 0 Å². The molecule has 1 aliphatic rings. The Labute approximate surface area is 93.3 Å². The molecule has 2 unspecified atom stereocenters. The van der Waals surface area contributed by atoms with Gasteiger partial charge in [-0.3, -0.25) is 0 Å². The molecule has 0 heterocycles. The number of allylic oxidation sites excluding steroid dienone is 1. The zero-order chi connectivity index (χ0) is 11.5. The van der Waals surface area contributed by atoms with Crippen molar-refractivity contribution in [3.8, 4) is 0 Å². The van der Waals surface area contributed by atoms with Crippen molar-refractivity contribution in [2.45, 2.75) is 59.2 Å². The summed E-state index contributed by atoms with van der Waals surface area (Å²) in [4.78, 5) is 0. The van der Waals surface area contributed by atoms with E-state index in [1.165, 1.54) is 18.4 Å². The lowest BCUT2D eigenvalue weighted by Gasteiger charge is -2.30. The largest absolute Gasteiger partial charge is 0.391 e. The minimum Gasteiger partial charge on any atom is -0.391 e. The molecule has 0 saturated carbocycles. The van der Waals surface area contributed by atoms with Crippen molar-refractivity contribution < 1.29 is 9.84 Å². The van der Waals surface area contributed by atoms with Crippen molar-refractivity contribution in [2.75, 3.05) is 6.61 Å². The van der Waals surface area contributed by atoms with Gasteiger partial charge in [-0.1, -0.05) is 19.9 Å². The molecule has 0 bridgehead atoms. The summed E-state index contributed by atoms with van der Waals surface area (Å²) >= 11 is 0. The summed E-state index contributed by atoms with van der Waals surface area (Å²) in [5.74, 6) is 0. The molecule has 88 valence electrons. The van der Waals surface area contributed by atoms with Gasteiger partial charge in [-0.15, -0.1) is 0 Å². The van der Waals surface area contributed by atoms with E-state index in [1.54, 1.807) is 6.92 Å². The fourth-order valence-electron chi connectivity index (χ4n) is 2.11. The van der Waals surface area contributed by atoms with Crippen molar-refractivity contribution in [2.24, 2.45) is 5.41 Å². The van der Waals surface area contributed by atoms with Crippen molar-refractivity contribution >= 4 is 0 Å². The highest BCUT2D eigenvalue weighted by Crippen LogP contribution is 2.34. The number of aliphatic hydroxyl groups is 1. The summed E-state index contributed by atoms with van der Waals surface area (Å²) in [6, 6.07) is 0. The van der Waals surface area contributed by atoms with Gasteiger partial charge in [0.1, 0.15) is 0 Å². The van der Waals surface area contributed by atoms with E-state index < -0.39 is 0 Å². The Kier molecular flexibility index (Phi) is 4.35. The van der Waals surface area contributed by atoms with Crippen LogP contribution in [0.4, 0.5) is 0 Å². The van der Waals surface area contributed by atoms with Gasteiger partial charge in [-0.2, -0.15) is 0 Å². The van der Waals surface area contributed by atoms with E-state index in [4.69, 9.17) is 9.84 Å². The number of aliphatic hydroxyl groups excluding tert-OH is 1. The fraction of sp³-hybridized carbons (Fsp3) is 0.846. The zero-order valence-corrected chi connectivity index (χ0v) is 10.4. The maximum atomic E-state index is 9.16. The van der Waals surface area contributed by atoms with Gasteiger partial charge in [-0.25, -0.2) is 0 Å². The van der Waals surface area contributed by atoms with E-state index >= 15 is 0 Å². The molecule has 1 N–H and O–H groups in total. The van der Waals surface area contributed by atoms with Crippen LogP contribution in [-0.2, 0) is 4.74 Å². The van der Waals surface area contributed by atoms with E-state index in [0.29, 0.717) is 12.0 Å². The topological polar surface area (TPSA) is 29.5 Å². The average Bonchev–Trinajstić information content (AvgIpc) is 2.12. The molecule has 0 spiro atoms. The lowest BCUT2D eigenvalue weighted by Crippen LogP contribution is -2.23. The molecule has 0 radical (unpaired) electrons. The molecular weight excluding hydrogens is 188 g/mol. The van der Waals surface area contributed by atoms with Crippen molar-refractivity contribution in [3.05, 3.63) is 11.6 Å². The molecule has 0 fully saturated rings. The first kappa shape index (κ1) is 12.7. The predicted molar refractivity (Wildman–Crippen MR) is 62.8 cm³/mol. The molecule has 0 aromatic rings. The monoisotopic (exact) mass is 212 g/mol. The van der Waals surface area contributed by atoms with Gasteiger partial charge < -0.3 is 9.84 Å². The van der Waals surface area contributed by atoms with Crippen molar-refractivity contribution in [1.82, 2.24) is 0 Å². The summed E-state index contributed by atoms with van der Waals surface area (Å²) < 4.78 is 5.62. The van der Waals surface area contributed by atoms with Crippen molar-refractivity contribution in [3.63, 3.8) is 0 Å². The van der Waals surface area contributed by atoms with Gasteiger partial charge in [0, 0.05) is 0 Å². The first-order valence-electron chi connectivity index (χ1n) is 5.92. The van der Waals surface area contributed by atoms with Gasteiger partial charge in [0.25, 0.3) is 0 Å². The van der Waals surface area contributed by atoms with E-state index in [2.05, 4.69) is 26.8 Å². The normalized spacial score (nSPS) is 24.5. The molecule has 0 aromatic heterocycles. The number of hydrogen-bond acceptors (Lipinski definition) is 2. The first-order chi connectivity index (χ1) is 6.91.